The number of aromatic nitrogens is 1. The second-order valence-electron chi connectivity index (χ2n) is 6.34. The molecule has 0 saturated carbocycles. The zero-order chi connectivity index (χ0) is 15.9. The third-order valence-electron chi connectivity index (χ3n) is 3.98. The minimum Gasteiger partial charge on any atom is -0.350 e. The van der Waals surface area contributed by atoms with Crippen LogP contribution in [0.5, 0.6) is 0 Å². The van der Waals surface area contributed by atoms with Gasteiger partial charge in [-0.25, -0.2) is 0 Å². The van der Waals surface area contributed by atoms with E-state index < -0.39 is 0 Å². The molecule has 5 heteroatoms. The van der Waals surface area contributed by atoms with Gasteiger partial charge in [0, 0.05) is 32.1 Å². The molecular formula is C17H25N3O2. The summed E-state index contributed by atoms with van der Waals surface area (Å²) in [4.78, 5) is 30.1. The molecule has 0 unspecified atom stereocenters. The molecule has 1 aromatic rings. The van der Waals surface area contributed by atoms with Crippen molar-refractivity contribution in [2.24, 2.45) is 11.8 Å². The second kappa shape index (κ2) is 7.92. The molecule has 1 aliphatic rings. The number of rotatable bonds is 5. The van der Waals surface area contributed by atoms with Crippen molar-refractivity contribution in [1.82, 2.24) is 15.2 Å². The predicted octanol–water partition coefficient (Wildman–Crippen LogP) is 1.98. The van der Waals surface area contributed by atoms with Crippen molar-refractivity contribution in [3.63, 3.8) is 0 Å². The number of hydrogen-bond acceptors (Lipinski definition) is 3. The first-order chi connectivity index (χ1) is 10.5. The molecular weight excluding hydrogens is 278 g/mol. The summed E-state index contributed by atoms with van der Waals surface area (Å²) < 4.78 is 0. The van der Waals surface area contributed by atoms with E-state index in [0.717, 1.165) is 18.8 Å². The SMILES string of the molecule is C[C@@H]1C[C@H](C)CN(C(=O)CCC(=O)NCc2ccccn2)C1. The summed E-state index contributed by atoms with van der Waals surface area (Å²) in [7, 11) is 0. The predicted molar refractivity (Wildman–Crippen MR) is 84.8 cm³/mol. The number of amides is 2. The third-order valence-corrected chi connectivity index (χ3v) is 3.98. The highest BCUT2D eigenvalue weighted by atomic mass is 16.2. The number of nitrogens with zero attached hydrogens (tertiary/aromatic N) is 2. The summed E-state index contributed by atoms with van der Waals surface area (Å²) >= 11 is 0. The van der Waals surface area contributed by atoms with Gasteiger partial charge in [0.2, 0.25) is 11.8 Å². The molecule has 1 aromatic heterocycles. The summed E-state index contributed by atoms with van der Waals surface area (Å²) in [5.41, 5.74) is 0.820. The second-order valence-corrected chi connectivity index (χ2v) is 6.34. The number of piperidine rings is 1. The van der Waals surface area contributed by atoms with Crippen LogP contribution in [0, 0.1) is 11.8 Å². The standard InChI is InChI=1S/C17H25N3O2/c1-13-9-14(2)12-20(11-13)17(22)7-6-16(21)19-10-15-5-3-4-8-18-15/h3-5,8,13-14H,6-7,9-12H2,1-2H3,(H,19,21)/t13-,14+. The van der Waals surface area contributed by atoms with Crippen LogP contribution in [-0.2, 0) is 16.1 Å². The quantitative estimate of drug-likeness (QED) is 0.905. The number of hydrogen-bond donors (Lipinski definition) is 1. The van der Waals surface area contributed by atoms with Gasteiger partial charge in [-0.1, -0.05) is 19.9 Å². The van der Waals surface area contributed by atoms with Gasteiger partial charge in [-0.15, -0.1) is 0 Å². The Labute approximate surface area is 132 Å². The van der Waals surface area contributed by atoms with Gasteiger partial charge < -0.3 is 10.2 Å². The Kier molecular flexibility index (Phi) is 5.92. The van der Waals surface area contributed by atoms with Crippen molar-refractivity contribution in [2.45, 2.75) is 39.7 Å². The van der Waals surface area contributed by atoms with Gasteiger partial charge in [0.05, 0.1) is 12.2 Å². The van der Waals surface area contributed by atoms with Gasteiger partial charge in [0.25, 0.3) is 0 Å². The maximum atomic E-state index is 12.2. The van der Waals surface area contributed by atoms with Crippen molar-refractivity contribution in [3.05, 3.63) is 30.1 Å². The van der Waals surface area contributed by atoms with Crippen LogP contribution < -0.4 is 5.32 Å². The first-order valence-corrected chi connectivity index (χ1v) is 7.99. The Bertz CT molecular complexity index is 494. The lowest BCUT2D eigenvalue weighted by molar-refractivity contribution is -0.135. The minimum atomic E-state index is -0.0999. The van der Waals surface area contributed by atoms with Crippen molar-refractivity contribution in [1.29, 1.82) is 0 Å². The summed E-state index contributed by atoms with van der Waals surface area (Å²) in [5, 5.41) is 2.80. The topological polar surface area (TPSA) is 62.3 Å². The molecule has 1 saturated heterocycles. The largest absolute Gasteiger partial charge is 0.350 e. The zero-order valence-corrected chi connectivity index (χ0v) is 13.4. The highest BCUT2D eigenvalue weighted by molar-refractivity contribution is 5.83. The van der Waals surface area contributed by atoms with Crippen LogP contribution in [0.4, 0.5) is 0 Å². The Morgan fingerprint density at radius 1 is 1.23 bits per heavy atom. The molecule has 2 atom stereocenters. The van der Waals surface area contributed by atoms with Crippen LogP contribution >= 0.6 is 0 Å². The van der Waals surface area contributed by atoms with E-state index in [2.05, 4.69) is 24.1 Å². The van der Waals surface area contributed by atoms with E-state index in [0.29, 0.717) is 18.4 Å². The average Bonchev–Trinajstić information content (AvgIpc) is 2.50. The smallest absolute Gasteiger partial charge is 0.223 e. The summed E-state index contributed by atoms with van der Waals surface area (Å²) in [6.07, 6.45) is 3.40. The van der Waals surface area contributed by atoms with Gasteiger partial charge in [-0.2, -0.15) is 0 Å². The number of carbonyl (C=O) groups excluding carboxylic acids is 2. The summed E-state index contributed by atoms with van der Waals surface area (Å²) in [6.45, 7) is 6.40. The highest BCUT2D eigenvalue weighted by Crippen LogP contribution is 2.21. The maximum Gasteiger partial charge on any atom is 0.223 e. The molecule has 0 aliphatic carbocycles. The number of nitrogens with one attached hydrogen (secondary N) is 1. The van der Waals surface area contributed by atoms with E-state index >= 15 is 0 Å². The van der Waals surface area contributed by atoms with Crippen molar-refractivity contribution < 1.29 is 9.59 Å². The summed E-state index contributed by atoms with van der Waals surface area (Å²) in [6, 6.07) is 5.59. The molecule has 5 nitrogen and oxygen atoms in total. The first kappa shape index (κ1) is 16.5. The Balaban J connectivity index is 1.70. The van der Waals surface area contributed by atoms with Crippen molar-refractivity contribution in [3.8, 4) is 0 Å². The van der Waals surface area contributed by atoms with Crippen LogP contribution in [0.15, 0.2) is 24.4 Å². The molecule has 1 N–H and O–H groups in total. The van der Waals surface area contributed by atoms with E-state index in [4.69, 9.17) is 0 Å². The Morgan fingerprint density at radius 2 is 1.95 bits per heavy atom. The van der Waals surface area contributed by atoms with Gasteiger partial charge in [-0.3, -0.25) is 14.6 Å². The molecule has 1 fully saturated rings. The number of pyridine rings is 1. The molecule has 0 aromatic carbocycles. The van der Waals surface area contributed by atoms with Crippen LogP contribution in [0.3, 0.4) is 0 Å². The molecule has 0 spiro atoms. The van der Waals surface area contributed by atoms with Gasteiger partial charge in [0.15, 0.2) is 0 Å². The fourth-order valence-corrected chi connectivity index (χ4v) is 3.03. The van der Waals surface area contributed by atoms with E-state index in [9.17, 15) is 9.59 Å². The molecule has 1 aliphatic heterocycles. The van der Waals surface area contributed by atoms with E-state index in [-0.39, 0.29) is 24.7 Å². The van der Waals surface area contributed by atoms with E-state index in [1.54, 1.807) is 6.20 Å². The third kappa shape index (κ3) is 5.13. The first-order valence-electron chi connectivity index (χ1n) is 7.99. The molecule has 120 valence electrons. The van der Waals surface area contributed by atoms with Crippen molar-refractivity contribution in [2.75, 3.05) is 13.1 Å². The number of likely N-dealkylation sites (tertiary alicyclic amines) is 1. The highest BCUT2D eigenvalue weighted by Gasteiger charge is 2.25. The summed E-state index contributed by atoms with van der Waals surface area (Å²) in [5.74, 6) is 1.08. The Morgan fingerprint density at radius 3 is 2.59 bits per heavy atom. The lowest BCUT2D eigenvalue weighted by Crippen LogP contribution is -2.42. The van der Waals surface area contributed by atoms with Crippen molar-refractivity contribution >= 4 is 11.8 Å². The van der Waals surface area contributed by atoms with Gasteiger partial charge in [0.1, 0.15) is 0 Å². The minimum absolute atomic E-state index is 0.0892. The molecule has 2 heterocycles. The normalized spacial score (nSPS) is 21.5. The lowest BCUT2D eigenvalue weighted by Gasteiger charge is -2.35. The van der Waals surface area contributed by atoms with Gasteiger partial charge in [-0.05, 0) is 30.4 Å². The van der Waals surface area contributed by atoms with Crippen LogP contribution in [-0.4, -0.2) is 34.8 Å². The zero-order valence-electron chi connectivity index (χ0n) is 13.4. The average molecular weight is 303 g/mol. The van der Waals surface area contributed by atoms with E-state index in [1.165, 1.54) is 6.42 Å². The van der Waals surface area contributed by atoms with Crippen LogP contribution in [0.1, 0.15) is 38.8 Å². The number of carbonyl (C=O) groups is 2. The molecule has 2 rings (SSSR count). The Hall–Kier alpha value is -1.91. The molecule has 0 radical (unpaired) electrons. The fourth-order valence-electron chi connectivity index (χ4n) is 3.03. The molecule has 0 bridgehead atoms. The van der Waals surface area contributed by atoms with E-state index in [1.807, 2.05) is 23.1 Å². The monoisotopic (exact) mass is 303 g/mol. The van der Waals surface area contributed by atoms with Gasteiger partial charge >= 0.3 is 0 Å². The molecule has 22 heavy (non-hydrogen) atoms. The van der Waals surface area contributed by atoms with Crippen LogP contribution in [0.2, 0.25) is 0 Å². The lowest BCUT2D eigenvalue weighted by atomic mass is 9.91. The van der Waals surface area contributed by atoms with Crippen LogP contribution in [0.25, 0.3) is 0 Å². The molecule has 2 amide bonds. The maximum absolute atomic E-state index is 12.2. The fraction of sp³-hybridized carbons (Fsp3) is 0.588.